The van der Waals surface area contributed by atoms with Crippen molar-refractivity contribution in [2.45, 2.75) is 19.1 Å². The van der Waals surface area contributed by atoms with Gasteiger partial charge in [0, 0.05) is 6.04 Å². The van der Waals surface area contributed by atoms with E-state index in [9.17, 15) is 17.6 Å². The van der Waals surface area contributed by atoms with Gasteiger partial charge in [-0.2, -0.15) is 13.2 Å². The molecule has 0 saturated carbocycles. The second kappa shape index (κ2) is 4.81. The quantitative estimate of drug-likeness (QED) is 0.753. The van der Waals surface area contributed by atoms with Crippen LogP contribution in [0.1, 0.15) is 24.1 Å². The van der Waals surface area contributed by atoms with E-state index in [0.717, 1.165) is 6.07 Å². The van der Waals surface area contributed by atoms with Crippen LogP contribution in [0, 0.1) is 5.82 Å². The highest BCUT2D eigenvalue weighted by atomic mass is 35.5. The van der Waals surface area contributed by atoms with Crippen molar-refractivity contribution in [2.75, 3.05) is 0 Å². The highest BCUT2D eigenvalue weighted by Gasteiger charge is 2.33. The Labute approximate surface area is 90.7 Å². The van der Waals surface area contributed by atoms with Gasteiger partial charge in [-0.25, -0.2) is 4.39 Å². The Morgan fingerprint density at radius 3 is 2.13 bits per heavy atom. The van der Waals surface area contributed by atoms with Crippen molar-refractivity contribution < 1.29 is 17.6 Å². The third-order valence-electron chi connectivity index (χ3n) is 1.82. The fourth-order valence-corrected chi connectivity index (χ4v) is 1.04. The number of rotatable bonds is 1. The third kappa shape index (κ3) is 3.35. The minimum atomic E-state index is -4.65. The molecule has 0 saturated heterocycles. The Kier molecular flexibility index (Phi) is 4.55. The van der Waals surface area contributed by atoms with Crippen LogP contribution in [0.25, 0.3) is 0 Å². The summed E-state index contributed by atoms with van der Waals surface area (Å²) in [4.78, 5) is 0. The summed E-state index contributed by atoms with van der Waals surface area (Å²) in [6.07, 6.45) is -4.65. The van der Waals surface area contributed by atoms with Crippen LogP contribution in [-0.4, -0.2) is 0 Å². The van der Waals surface area contributed by atoms with Crippen molar-refractivity contribution in [1.29, 1.82) is 0 Å². The maximum absolute atomic E-state index is 12.9. The number of hydrogen-bond acceptors (Lipinski definition) is 1. The summed E-state index contributed by atoms with van der Waals surface area (Å²) in [7, 11) is 0. The Morgan fingerprint density at radius 2 is 1.80 bits per heavy atom. The van der Waals surface area contributed by atoms with E-state index in [4.69, 9.17) is 5.73 Å². The van der Waals surface area contributed by atoms with Gasteiger partial charge in [-0.15, -0.1) is 12.4 Å². The smallest absolute Gasteiger partial charge is 0.324 e. The molecule has 86 valence electrons. The van der Waals surface area contributed by atoms with Crippen molar-refractivity contribution in [1.82, 2.24) is 0 Å². The molecule has 0 fully saturated rings. The van der Waals surface area contributed by atoms with E-state index in [-0.39, 0.29) is 12.4 Å². The van der Waals surface area contributed by atoms with E-state index in [1.165, 1.54) is 6.07 Å². The Balaban J connectivity index is 0.00000196. The first-order chi connectivity index (χ1) is 6.32. The zero-order valence-electron chi connectivity index (χ0n) is 7.81. The summed E-state index contributed by atoms with van der Waals surface area (Å²) in [6.45, 7) is 1.57. The molecule has 0 aromatic heterocycles. The SMILES string of the molecule is C[C@H](N)c1ccc(C(F)(F)F)c(F)c1.Cl. The highest BCUT2D eigenvalue weighted by molar-refractivity contribution is 5.85. The van der Waals surface area contributed by atoms with Crippen molar-refractivity contribution >= 4 is 12.4 Å². The molecule has 0 aliphatic heterocycles. The molecule has 1 aromatic carbocycles. The average molecular weight is 244 g/mol. The summed E-state index contributed by atoms with van der Waals surface area (Å²) in [5, 5.41) is 0. The van der Waals surface area contributed by atoms with Gasteiger partial charge in [-0.05, 0) is 24.6 Å². The fraction of sp³-hybridized carbons (Fsp3) is 0.333. The van der Waals surface area contributed by atoms with Gasteiger partial charge in [-0.3, -0.25) is 0 Å². The first-order valence-corrected chi connectivity index (χ1v) is 3.94. The predicted octanol–water partition coefficient (Wildman–Crippen LogP) is 3.29. The molecule has 0 unspecified atom stereocenters. The lowest BCUT2D eigenvalue weighted by Gasteiger charge is -2.10. The topological polar surface area (TPSA) is 26.0 Å². The fourth-order valence-electron chi connectivity index (χ4n) is 1.04. The first kappa shape index (κ1) is 14.2. The zero-order chi connectivity index (χ0) is 10.9. The molecule has 1 nitrogen and oxygen atoms in total. The molecule has 1 rings (SSSR count). The van der Waals surface area contributed by atoms with Gasteiger partial charge < -0.3 is 5.73 Å². The third-order valence-corrected chi connectivity index (χ3v) is 1.82. The first-order valence-electron chi connectivity index (χ1n) is 3.94. The molecule has 0 bridgehead atoms. The summed E-state index contributed by atoms with van der Waals surface area (Å²) in [5.41, 5.74) is 4.47. The van der Waals surface area contributed by atoms with E-state index >= 15 is 0 Å². The van der Waals surface area contributed by atoms with Gasteiger partial charge in [0.1, 0.15) is 5.82 Å². The van der Waals surface area contributed by atoms with Crippen LogP contribution in [0.4, 0.5) is 17.6 Å². The van der Waals surface area contributed by atoms with Crippen LogP contribution in [-0.2, 0) is 6.18 Å². The summed E-state index contributed by atoms with van der Waals surface area (Å²) in [6, 6.07) is 2.21. The zero-order valence-corrected chi connectivity index (χ0v) is 8.62. The normalized spacial score (nSPS) is 13.2. The number of hydrogen-bond donors (Lipinski definition) is 1. The molecule has 0 radical (unpaired) electrons. The number of alkyl halides is 3. The van der Waals surface area contributed by atoms with Gasteiger partial charge in [0.05, 0.1) is 5.56 Å². The van der Waals surface area contributed by atoms with Gasteiger partial charge in [0.2, 0.25) is 0 Å². The monoisotopic (exact) mass is 243 g/mol. The predicted molar refractivity (Wildman–Crippen MR) is 51.3 cm³/mol. The molecule has 1 aromatic rings. The standard InChI is InChI=1S/C9H9F4N.ClH/c1-5(14)6-2-3-7(8(10)4-6)9(11,12)13;/h2-5H,14H2,1H3;1H/t5-;/m0./s1. The largest absolute Gasteiger partial charge is 0.419 e. The molecule has 0 aliphatic carbocycles. The lowest BCUT2D eigenvalue weighted by molar-refractivity contribution is -0.140. The molecular formula is C9H10ClF4N. The summed E-state index contributed by atoms with van der Waals surface area (Å²) >= 11 is 0. The molecule has 1 atom stereocenters. The lowest BCUT2D eigenvalue weighted by Crippen LogP contribution is -2.11. The van der Waals surface area contributed by atoms with E-state index in [0.29, 0.717) is 11.6 Å². The Bertz CT molecular complexity index is 335. The number of nitrogens with two attached hydrogens (primary N) is 1. The minimum absolute atomic E-state index is 0. The summed E-state index contributed by atoms with van der Waals surface area (Å²) in [5.74, 6) is -1.28. The van der Waals surface area contributed by atoms with E-state index < -0.39 is 23.6 Å². The van der Waals surface area contributed by atoms with Crippen molar-refractivity contribution in [3.05, 3.63) is 35.1 Å². The number of benzene rings is 1. The molecule has 2 N–H and O–H groups in total. The molecule has 6 heteroatoms. The van der Waals surface area contributed by atoms with Crippen molar-refractivity contribution in [2.24, 2.45) is 5.73 Å². The van der Waals surface area contributed by atoms with E-state index in [2.05, 4.69) is 0 Å². The molecule has 0 heterocycles. The Morgan fingerprint density at radius 1 is 1.27 bits per heavy atom. The molecule has 0 aliphatic rings. The second-order valence-corrected chi connectivity index (χ2v) is 3.03. The summed E-state index contributed by atoms with van der Waals surface area (Å²) < 4.78 is 49.3. The van der Waals surface area contributed by atoms with Gasteiger partial charge >= 0.3 is 6.18 Å². The molecule has 0 amide bonds. The van der Waals surface area contributed by atoms with Crippen molar-refractivity contribution in [3.63, 3.8) is 0 Å². The number of halogens is 5. The average Bonchev–Trinajstić information content (AvgIpc) is 2.01. The lowest BCUT2D eigenvalue weighted by atomic mass is 10.1. The van der Waals surface area contributed by atoms with Crippen LogP contribution in [0.3, 0.4) is 0 Å². The molecule has 0 spiro atoms. The van der Waals surface area contributed by atoms with Crippen LogP contribution in [0.5, 0.6) is 0 Å². The minimum Gasteiger partial charge on any atom is -0.324 e. The second-order valence-electron chi connectivity index (χ2n) is 3.03. The van der Waals surface area contributed by atoms with Gasteiger partial charge in [0.25, 0.3) is 0 Å². The molecule has 15 heavy (non-hydrogen) atoms. The van der Waals surface area contributed by atoms with Gasteiger partial charge in [0.15, 0.2) is 0 Å². The highest BCUT2D eigenvalue weighted by Crippen LogP contribution is 2.32. The van der Waals surface area contributed by atoms with Crippen LogP contribution < -0.4 is 5.73 Å². The van der Waals surface area contributed by atoms with Gasteiger partial charge in [-0.1, -0.05) is 6.07 Å². The maximum Gasteiger partial charge on any atom is 0.419 e. The van der Waals surface area contributed by atoms with Crippen LogP contribution >= 0.6 is 12.4 Å². The van der Waals surface area contributed by atoms with Crippen LogP contribution in [0.15, 0.2) is 18.2 Å². The Hall–Kier alpha value is -0.810. The van der Waals surface area contributed by atoms with Crippen LogP contribution in [0.2, 0.25) is 0 Å². The van der Waals surface area contributed by atoms with Crippen molar-refractivity contribution in [3.8, 4) is 0 Å². The maximum atomic E-state index is 12.9. The van der Waals surface area contributed by atoms with E-state index in [1.807, 2.05) is 0 Å². The van der Waals surface area contributed by atoms with E-state index in [1.54, 1.807) is 6.92 Å². The molecular weight excluding hydrogens is 234 g/mol.